The number of halogens is 3. The molecule has 6 heteroatoms. The first-order valence-electron chi connectivity index (χ1n) is 6.77. The maximum atomic E-state index is 13.4. The van der Waals surface area contributed by atoms with Crippen LogP contribution in [0.5, 0.6) is 0 Å². The van der Waals surface area contributed by atoms with Gasteiger partial charge in [0.25, 0.3) is 0 Å². The molecule has 0 spiro atoms. The van der Waals surface area contributed by atoms with Gasteiger partial charge in [0.2, 0.25) is 0 Å². The lowest BCUT2D eigenvalue weighted by atomic mass is 10.1. The van der Waals surface area contributed by atoms with E-state index in [1.807, 2.05) is 13.0 Å². The van der Waals surface area contributed by atoms with Crippen LogP contribution in [0.2, 0.25) is 0 Å². The van der Waals surface area contributed by atoms with E-state index in [1.165, 1.54) is 6.20 Å². The number of nitrogens with zero attached hydrogens (tertiary/aromatic N) is 2. The number of hydrogen-bond donors (Lipinski definition) is 1. The number of nitrogens with one attached hydrogen (secondary N) is 1. The number of alkyl halides is 3. The van der Waals surface area contributed by atoms with Gasteiger partial charge in [-0.05, 0) is 31.5 Å². The van der Waals surface area contributed by atoms with Gasteiger partial charge in [-0.1, -0.05) is 25.1 Å². The SMILES string of the molecule is CCNCc1cnn(-c2c(C)cccc2C)c1C(F)(F)F. The molecule has 0 bridgehead atoms. The van der Waals surface area contributed by atoms with Crippen molar-refractivity contribution in [1.82, 2.24) is 15.1 Å². The number of rotatable bonds is 4. The molecule has 0 radical (unpaired) electrons. The van der Waals surface area contributed by atoms with Crippen molar-refractivity contribution in [2.45, 2.75) is 33.5 Å². The van der Waals surface area contributed by atoms with Gasteiger partial charge in [0.1, 0.15) is 0 Å². The van der Waals surface area contributed by atoms with E-state index >= 15 is 0 Å². The Kier molecular flexibility index (Phi) is 4.37. The topological polar surface area (TPSA) is 29.9 Å². The highest BCUT2D eigenvalue weighted by atomic mass is 19.4. The quantitative estimate of drug-likeness (QED) is 0.934. The lowest BCUT2D eigenvalue weighted by Crippen LogP contribution is -2.20. The molecule has 0 saturated carbocycles. The predicted molar refractivity (Wildman–Crippen MR) is 75.4 cm³/mol. The van der Waals surface area contributed by atoms with E-state index in [0.29, 0.717) is 12.2 Å². The standard InChI is InChI=1S/C15H18F3N3/c1-4-19-8-12-9-20-21(14(12)15(16,17)18)13-10(2)6-5-7-11(13)3/h5-7,9,19H,4,8H2,1-3H3. The Morgan fingerprint density at radius 2 is 1.81 bits per heavy atom. The van der Waals surface area contributed by atoms with Crippen LogP contribution in [0.25, 0.3) is 5.69 Å². The molecule has 0 aliphatic heterocycles. The van der Waals surface area contributed by atoms with Crippen LogP contribution in [0.1, 0.15) is 29.3 Å². The van der Waals surface area contributed by atoms with Crippen molar-refractivity contribution >= 4 is 0 Å². The average molecular weight is 297 g/mol. The Hall–Kier alpha value is -1.82. The largest absolute Gasteiger partial charge is 0.433 e. The van der Waals surface area contributed by atoms with Crippen LogP contribution >= 0.6 is 0 Å². The summed E-state index contributed by atoms with van der Waals surface area (Å²) < 4.78 is 41.3. The second-order valence-electron chi connectivity index (χ2n) is 4.95. The van der Waals surface area contributed by atoms with Crippen LogP contribution in [-0.4, -0.2) is 16.3 Å². The van der Waals surface area contributed by atoms with E-state index in [-0.39, 0.29) is 12.1 Å². The third kappa shape index (κ3) is 3.10. The van der Waals surface area contributed by atoms with Crippen LogP contribution in [0.3, 0.4) is 0 Å². The van der Waals surface area contributed by atoms with Crippen molar-refractivity contribution < 1.29 is 13.2 Å². The van der Waals surface area contributed by atoms with Gasteiger partial charge in [0.15, 0.2) is 5.69 Å². The number of para-hydroxylation sites is 1. The van der Waals surface area contributed by atoms with Crippen LogP contribution in [0, 0.1) is 13.8 Å². The van der Waals surface area contributed by atoms with Crippen LogP contribution in [0.4, 0.5) is 13.2 Å². The number of benzene rings is 1. The lowest BCUT2D eigenvalue weighted by molar-refractivity contribution is -0.143. The van der Waals surface area contributed by atoms with Gasteiger partial charge >= 0.3 is 6.18 Å². The molecule has 0 amide bonds. The number of hydrogen-bond acceptors (Lipinski definition) is 2. The normalized spacial score (nSPS) is 11.9. The van der Waals surface area contributed by atoms with Gasteiger partial charge in [-0.3, -0.25) is 0 Å². The predicted octanol–water partition coefficient (Wildman–Crippen LogP) is 3.62. The molecule has 2 aromatic rings. The third-order valence-corrected chi connectivity index (χ3v) is 3.33. The molecule has 0 atom stereocenters. The molecule has 3 nitrogen and oxygen atoms in total. The fourth-order valence-electron chi connectivity index (χ4n) is 2.38. The highest BCUT2D eigenvalue weighted by molar-refractivity contribution is 5.48. The summed E-state index contributed by atoms with van der Waals surface area (Å²) in [6.07, 6.45) is -3.16. The summed E-state index contributed by atoms with van der Waals surface area (Å²) >= 11 is 0. The van der Waals surface area contributed by atoms with E-state index in [9.17, 15) is 13.2 Å². The van der Waals surface area contributed by atoms with Crippen LogP contribution < -0.4 is 5.32 Å². The van der Waals surface area contributed by atoms with Gasteiger partial charge in [0, 0.05) is 12.1 Å². The Bertz CT molecular complexity index is 609. The van der Waals surface area contributed by atoms with E-state index in [2.05, 4.69) is 10.4 Å². The van der Waals surface area contributed by atoms with Crippen molar-refractivity contribution in [2.24, 2.45) is 0 Å². The van der Waals surface area contributed by atoms with Crippen LogP contribution in [0.15, 0.2) is 24.4 Å². The fraction of sp³-hybridized carbons (Fsp3) is 0.400. The number of aryl methyl sites for hydroxylation is 2. The number of aromatic nitrogens is 2. The monoisotopic (exact) mass is 297 g/mol. The first-order chi connectivity index (χ1) is 9.86. The maximum Gasteiger partial charge on any atom is 0.433 e. The van der Waals surface area contributed by atoms with Gasteiger partial charge in [-0.2, -0.15) is 18.3 Å². The molecule has 1 aromatic carbocycles. The Morgan fingerprint density at radius 3 is 2.33 bits per heavy atom. The van der Waals surface area contributed by atoms with Crippen molar-refractivity contribution in [3.8, 4) is 5.69 Å². The minimum atomic E-state index is -4.45. The van der Waals surface area contributed by atoms with Crippen molar-refractivity contribution in [2.75, 3.05) is 6.54 Å². The summed E-state index contributed by atoms with van der Waals surface area (Å²) in [5.74, 6) is 0. The average Bonchev–Trinajstić information content (AvgIpc) is 2.79. The Labute approximate surface area is 121 Å². The molecular formula is C15H18F3N3. The molecule has 0 saturated heterocycles. The molecule has 0 aliphatic rings. The molecular weight excluding hydrogens is 279 g/mol. The highest BCUT2D eigenvalue weighted by Crippen LogP contribution is 2.34. The van der Waals surface area contributed by atoms with Crippen molar-refractivity contribution in [1.29, 1.82) is 0 Å². The molecule has 0 unspecified atom stereocenters. The highest BCUT2D eigenvalue weighted by Gasteiger charge is 2.38. The lowest BCUT2D eigenvalue weighted by Gasteiger charge is -2.16. The molecule has 1 aromatic heterocycles. The minimum Gasteiger partial charge on any atom is -0.313 e. The second-order valence-corrected chi connectivity index (χ2v) is 4.95. The van der Waals surface area contributed by atoms with E-state index in [4.69, 9.17) is 0 Å². The summed E-state index contributed by atoms with van der Waals surface area (Å²) in [6, 6.07) is 5.40. The van der Waals surface area contributed by atoms with E-state index in [0.717, 1.165) is 15.8 Å². The van der Waals surface area contributed by atoms with Gasteiger partial charge in [0.05, 0.1) is 11.9 Å². The summed E-state index contributed by atoms with van der Waals surface area (Å²) in [4.78, 5) is 0. The van der Waals surface area contributed by atoms with Gasteiger partial charge in [-0.25, -0.2) is 4.68 Å². The Balaban J connectivity index is 2.62. The van der Waals surface area contributed by atoms with Crippen molar-refractivity contribution in [3.63, 3.8) is 0 Å². The fourth-order valence-corrected chi connectivity index (χ4v) is 2.38. The summed E-state index contributed by atoms with van der Waals surface area (Å²) in [6.45, 7) is 6.17. The smallest absolute Gasteiger partial charge is 0.313 e. The Morgan fingerprint density at radius 1 is 1.19 bits per heavy atom. The molecule has 114 valence electrons. The molecule has 21 heavy (non-hydrogen) atoms. The zero-order valence-electron chi connectivity index (χ0n) is 12.3. The van der Waals surface area contributed by atoms with Crippen molar-refractivity contribution in [3.05, 3.63) is 46.8 Å². The summed E-state index contributed by atoms with van der Waals surface area (Å²) in [5, 5.41) is 6.90. The van der Waals surface area contributed by atoms with E-state index in [1.54, 1.807) is 26.0 Å². The van der Waals surface area contributed by atoms with Crippen LogP contribution in [-0.2, 0) is 12.7 Å². The molecule has 1 heterocycles. The van der Waals surface area contributed by atoms with Gasteiger partial charge < -0.3 is 5.32 Å². The van der Waals surface area contributed by atoms with E-state index < -0.39 is 11.9 Å². The third-order valence-electron chi connectivity index (χ3n) is 3.33. The zero-order valence-corrected chi connectivity index (χ0v) is 12.3. The minimum absolute atomic E-state index is 0.149. The molecule has 2 rings (SSSR count). The summed E-state index contributed by atoms with van der Waals surface area (Å²) in [5.41, 5.74) is 1.47. The second kappa shape index (κ2) is 5.89. The summed E-state index contributed by atoms with van der Waals surface area (Å²) in [7, 11) is 0. The first kappa shape index (κ1) is 15.6. The molecule has 0 fully saturated rings. The molecule has 1 N–H and O–H groups in total. The van der Waals surface area contributed by atoms with Gasteiger partial charge in [-0.15, -0.1) is 0 Å². The molecule has 0 aliphatic carbocycles. The first-order valence-corrected chi connectivity index (χ1v) is 6.77. The zero-order chi connectivity index (χ0) is 15.6. The maximum absolute atomic E-state index is 13.4.